The maximum Gasteiger partial charge on any atom is 0.343 e. The number of hydrogen-bond acceptors (Lipinski definition) is 5. The van der Waals surface area contributed by atoms with Gasteiger partial charge in [0.2, 0.25) is 0 Å². The summed E-state index contributed by atoms with van der Waals surface area (Å²) in [6.45, 7) is 0. The fourth-order valence-electron chi connectivity index (χ4n) is 2.51. The molecule has 0 aliphatic rings. The summed E-state index contributed by atoms with van der Waals surface area (Å²) in [7, 11) is -0.704. The number of esters is 1. The van der Waals surface area contributed by atoms with Gasteiger partial charge in [-0.15, -0.1) is 0 Å². The fraction of sp³-hybridized carbons (Fsp3) is 0.0952. The van der Waals surface area contributed by atoms with E-state index in [0.29, 0.717) is 17.2 Å². The van der Waals surface area contributed by atoms with E-state index in [1.807, 2.05) is 6.07 Å². The van der Waals surface area contributed by atoms with Crippen LogP contribution in [-0.2, 0) is 10.0 Å². The average Bonchev–Trinajstić information content (AvgIpc) is 2.74. The summed E-state index contributed by atoms with van der Waals surface area (Å²) in [6, 6.07) is 21.0. The monoisotopic (exact) mass is 397 g/mol. The van der Waals surface area contributed by atoms with Gasteiger partial charge in [-0.25, -0.2) is 13.2 Å². The van der Waals surface area contributed by atoms with Crippen molar-refractivity contribution in [1.29, 1.82) is 0 Å². The van der Waals surface area contributed by atoms with Crippen molar-refractivity contribution in [2.24, 2.45) is 0 Å². The van der Waals surface area contributed by atoms with Crippen molar-refractivity contribution in [3.05, 3.63) is 84.4 Å². The van der Waals surface area contributed by atoms with E-state index < -0.39 is 16.0 Å². The lowest BCUT2D eigenvalue weighted by Crippen LogP contribution is -2.26. The number of sulfonamides is 1. The largest absolute Gasteiger partial charge is 0.497 e. The molecule has 0 heterocycles. The van der Waals surface area contributed by atoms with E-state index in [9.17, 15) is 13.2 Å². The highest BCUT2D eigenvalue weighted by atomic mass is 32.2. The van der Waals surface area contributed by atoms with Crippen molar-refractivity contribution < 1.29 is 22.7 Å². The molecule has 7 heteroatoms. The molecule has 0 bridgehead atoms. The van der Waals surface area contributed by atoms with Gasteiger partial charge < -0.3 is 9.47 Å². The maximum atomic E-state index is 12.8. The Hall–Kier alpha value is -3.32. The number of anilines is 1. The molecule has 0 atom stereocenters. The lowest BCUT2D eigenvalue weighted by molar-refractivity contribution is 0.0734. The Kier molecular flexibility index (Phi) is 5.65. The topological polar surface area (TPSA) is 72.9 Å². The molecule has 0 spiro atoms. The molecule has 6 nitrogen and oxygen atoms in total. The maximum absolute atomic E-state index is 12.8. The van der Waals surface area contributed by atoms with Crippen molar-refractivity contribution in [1.82, 2.24) is 0 Å². The van der Waals surface area contributed by atoms with Gasteiger partial charge in [0.25, 0.3) is 10.0 Å². The Morgan fingerprint density at radius 1 is 0.821 bits per heavy atom. The molecule has 0 fully saturated rings. The second-order valence-electron chi connectivity index (χ2n) is 5.90. The van der Waals surface area contributed by atoms with Gasteiger partial charge in [0, 0.05) is 7.05 Å². The number of carbonyl (C=O) groups excluding carboxylic acids is 1. The third-order valence-corrected chi connectivity index (χ3v) is 5.94. The smallest absolute Gasteiger partial charge is 0.343 e. The molecule has 3 aromatic carbocycles. The molecule has 0 unspecified atom stereocenters. The molecular formula is C21H19NO5S. The lowest BCUT2D eigenvalue weighted by Gasteiger charge is -2.19. The first-order chi connectivity index (χ1) is 13.4. The number of carbonyl (C=O) groups is 1. The summed E-state index contributed by atoms with van der Waals surface area (Å²) in [5.41, 5.74) is 0.794. The summed E-state index contributed by atoms with van der Waals surface area (Å²) < 4.78 is 37.1. The normalized spacial score (nSPS) is 10.9. The zero-order valence-electron chi connectivity index (χ0n) is 15.4. The predicted octanol–water partition coefficient (Wildman–Crippen LogP) is 3.74. The van der Waals surface area contributed by atoms with Gasteiger partial charge in [-0.3, -0.25) is 4.31 Å². The zero-order valence-corrected chi connectivity index (χ0v) is 16.2. The fourth-order valence-corrected chi connectivity index (χ4v) is 3.70. The number of nitrogens with zero attached hydrogens (tertiary/aromatic N) is 1. The summed E-state index contributed by atoms with van der Waals surface area (Å²) in [6.07, 6.45) is 0. The van der Waals surface area contributed by atoms with Crippen LogP contribution in [0.4, 0.5) is 5.69 Å². The van der Waals surface area contributed by atoms with Crippen LogP contribution in [0.15, 0.2) is 83.8 Å². The highest BCUT2D eigenvalue weighted by molar-refractivity contribution is 7.92. The Morgan fingerprint density at radius 3 is 1.96 bits per heavy atom. The number of methoxy groups -OCH3 is 1. The first-order valence-corrected chi connectivity index (χ1v) is 9.86. The number of rotatable bonds is 6. The molecule has 0 amide bonds. The molecule has 0 saturated carbocycles. The van der Waals surface area contributed by atoms with E-state index in [2.05, 4.69) is 0 Å². The molecule has 0 radical (unpaired) electrons. The van der Waals surface area contributed by atoms with Gasteiger partial charge in [-0.1, -0.05) is 18.2 Å². The van der Waals surface area contributed by atoms with Crippen LogP contribution < -0.4 is 13.8 Å². The van der Waals surface area contributed by atoms with Crippen LogP contribution in [0.1, 0.15) is 10.4 Å². The third-order valence-electron chi connectivity index (χ3n) is 4.14. The van der Waals surface area contributed by atoms with E-state index in [0.717, 1.165) is 0 Å². The molecule has 0 aromatic heterocycles. The van der Waals surface area contributed by atoms with Gasteiger partial charge in [-0.05, 0) is 60.7 Å². The summed E-state index contributed by atoms with van der Waals surface area (Å²) >= 11 is 0. The molecule has 0 aliphatic carbocycles. The third kappa shape index (κ3) is 4.15. The molecule has 0 aliphatic heterocycles. The molecule has 3 aromatic rings. The van der Waals surface area contributed by atoms with Crippen LogP contribution in [0.5, 0.6) is 11.5 Å². The van der Waals surface area contributed by atoms with Crippen LogP contribution in [0, 0.1) is 0 Å². The Labute approximate surface area is 164 Å². The van der Waals surface area contributed by atoms with E-state index in [1.54, 1.807) is 55.6 Å². The SMILES string of the molecule is COc1ccc(OC(=O)c2ccc(S(=O)(=O)N(C)c3ccccc3)cc2)cc1. The highest BCUT2D eigenvalue weighted by Gasteiger charge is 2.21. The Bertz CT molecular complexity index is 1050. The second-order valence-corrected chi connectivity index (χ2v) is 7.87. The van der Waals surface area contributed by atoms with Crippen LogP contribution >= 0.6 is 0 Å². The minimum atomic E-state index is -3.73. The first-order valence-electron chi connectivity index (χ1n) is 8.42. The first kappa shape index (κ1) is 19.4. The standard InChI is InChI=1S/C21H19NO5S/c1-22(17-6-4-3-5-7-17)28(24,25)20-14-8-16(9-15-20)21(23)27-19-12-10-18(26-2)11-13-19/h3-15H,1-2H3. The average molecular weight is 397 g/mol. The van der Waals surface area contributed by atoms with Crippen LogP contribution in [0.3, 0.4) is 0 Å². The van der Waals surface area contributed by atoms with E-state index >= 15 is 0 Å². The van der Waals surface area contributed by atoms with Crippen LogP contribution in [0.2, 0.25) is 0 Å². The van der Waals surface area contributed by atoms with Crippen molar-refractivity contribution in [2.45, 2.75) is 4.90 Å². The Morgan fingerprint density at radius 2 is 1.39 bits per heavy atom. The second kappa shape index (κ2) is 8.14. The van der Waals surface area contributed by atoms with Gasteiger partial charge in [0.05, 0.1) is 23.3 Å². The zero-order chi connectivity index (χ0) is 20.1. The van der Waals surface area contributed by atoms with Gasteiger partial charge >= 0.3 is 5.97 Å². The minimum Gasteiger partial charge on any atom is -0.497 e. The summed E-state index contributed by atoms with van der Waals surface area (Å²) in [5, 5.41) is 0. The summed E-state index contributed by atoms with van der Waals surface area (Å²) in [4.78, 5) is 12.4. The van der Waals surface area contributed by atoms with E-state index in [-0.39, 0.29) is 10.5 Å². The highest BCUT2D eigenvalue weighted by Crippen LogP contribution is 2.23. The van der Waals surface area contributed by atoms with Gasteiger partial charge in [0.1, 0.15) is 11.5 Å². The van der Waals surface area contributed by atoms with Crippen molar-refractivity contribution in [3.63, 3.8) is 0 Å². The molecular weight excluding hydrogens is 378 g/mol. The molecule has 3 rings (SSSR count). The number of ether oxygens (including phenoxy) is 2. The van der Waals surface area contributed by atoms with Crippen molar-refractivity contribution in [2.75, 3.05) is 18.5 Å². The number of para-hydroxylation sites is 1. The van der Waals surface area contributed by atoms with Gasteiger partial charge in [0.15, 0.2) is 0 Å². The number of hydrogen-bond donors (Lipinski definition) is 0. The van der Waals surface area contributed by atoms with Gasteiger partial charge in [-0.2, -0.15) is 0 Å². The lowest BCUT2D eigenvalue weighted by atomic mass is 10.2. The van der Waals surface area contributed by atoms with Crippen molar-refractivity contribution >= 4 is 21.7 Å². The van der Waals surface area contributed by atoms with Crippen LogP contribution in [0.25, 0.3) is 0 Å². The van der Waals surface area contributed by atoms with E-state index in [1.165, 1.54) is 35.6 Å². The molecule has 0 N–H and O–H groups in total. The predicted molar refractivity (Wildman–Crippen MR) is 106 cm³/mol. The molecule has 0 saturated heterocycles. The number of benzene rings is 3. The molecule has 28 heavy (non-hydrogen) atoms. The van der Waals surface area contributed by atoms with E-state index in [4.69, 9.17) is 9.47 Å². The summed E-state index contributed by atoms with van der Waals surface area (Å²) in [5.74, 6) is 0.439. The quantitative estimate of drug-likeness (QED) is 0.468. The van der Waals surface area contributed by atoms with Crippen molar-refractivity contribution in [3.8, 4) is 11.5 Å². The Balaban J connectivity index is 1.75. The van der Waals surface area contributed by atoms with Crippen LogP contribution in [-0.4, -0.2) is 28.5 Å². The minimum absolute atomic E-state index is 0.0832. The molecule has 144 valence electrons.